The van der Waals surface area contributed by atoms with E-state index >= 15 is 0 Å². The van der Waals surface area contributed by atoms with Crippen LogP contribution in [0.25, 0.3) is 5.57 Å². The van der Waals surface area contributed by atoms with Crippen LogP contribution in [-0.2, 0) is 9.53 Å². The molecule has 0 aromatic heterocycles. The summed E-state index contributed by atoms with van der Waals surface area (Å²) in [6.45, 7) is 7.86. The first-order valence-electron chi connectivity index (χ1n) is 9.36. The van der Waals surface area contributed by atoms with E-state index in [1.54, 1.807) is 6.07 Å². The second kappa shape index (κ2) is 8.39. The molecule has 1 aliphatic rings. The van der Waals surface area contributed by atoms with E-state index in [1.165, 1.54) is 23.9 Å². The number of esters is 1. The minimum Gasteiger partial charge on any atom is -0.511 e. The van der Waals surface area contributed by atoms with E-state index in [0.29, 0.717) is 12.2 Å². The van der Waals surface area contributed by atoms with Gasteiger partial charge in [-0.25, -0.2) is 9.18 Å². The van der Waals surface area contributed by atoms with E-state index in [1.807, 2.05) is 45.9 Å². The zero-order valence-corrected chi connectivity index (χ0v) is 17.4. The second-order valence-electron chi connectivity index (χ2n) is 7.49. The summed E-state index contributed by atoms with van der Waals surface area (Å²) >= 11 is 1.51. The van der Waals surface area contributed by atoms with Crippen molar-refractivity contribution >= 4 is 23.3 Å². The Hall–Kier alpha value is -2.27. The largest absolute Gasteiger partial charge is 0.511 e. The molecule has 2 unspecified atom stereocenters. The van der Waals surface area contributed by atoms with E-state index in [2.05, 4.69) is 0 Å². The van der Waals surface area contributed by atoms with Gasteiger partial charge in [-0.3, -0.25) is 0 Å². The Bertz CT molecular complexity index is 912. The second-order valence-corrected chi connectivity index (χ2v) is 8.58. The Morgan fingerprint density at radius 3 is 2.50 bits per heavy atom. The number of aliphatic hydroxyl groups excluding tert-OH is 1. The van der Waals surface area contributed by atoms with E-state index in [4.69, 9.17) is 4.74 Å². The first-order valence-corrected chi connectivity index (χ1v) is 10.3. The molecule has 3 rings (SSSR count). The van der Waals surface area contributed by atoms with Crippen molar-refractivity contribution in [3.8, 4) is 0 Å². The lowest BCUT2D eigenvalue weighted by atomic mass is 9.89. The lowest BCUT2D eigenvalue weighted by Gasteiger charge is -2.29. The van der Waals surface area contributed by atoms with Crippen LogP contribution in [0.5, 0.6) is 0 Å². The Balaban J connectivity index is 1.76. The van der Waals surface area contributed by atoms with Crippen LogP contribution >= 0.6 is 11.8 Å². The minimum absolute atomic E-state index is 0.0149. The lowest BCUT2D eigenvalue weighted by molar-refractivity contribution is -0.145. The topological polar surface area (TPSA) is 46.5 Å². The minimum atomic E-state index is -0.480. The van der Waals surface area contributed by atoms with Crippen LogP contribution in [0.2, 0.25) is 0 Å². The SMILES string of the molecule is Cc1cc(C)c(C2=C(O)CC(C(C)CSc3cccc(F)c3)OC2=O)c(C)c1. The van der Waals surface area contributed by atoms with Crippen molar-refractivity contribution in [3.63, 3.8) is 0 Å². The van der Waals surface area contributed by atoms with Crippen molar-refractivity contribution in [3.05, 3.63) is 70.2 Å². The van der Waals surface area contributed by atoms with Crippen molar-refractivity contribution in [2.24, 2.45) is 5.92 Å². The standard InChI is InChI=1S/C23H25FO3S/c1-13-8-14(2)21(15(3)9-13)22-19(25)11-20(27-23(22)26)16(4)12-28-18-7-5-6-17(24)10-18/h5-10,16,20,25H,11-12H2,1-4H3. The van der Waals surface area contributed by atoms with Gasteiger partial charge >= 0.3 is 5.97 Å². The van der Waals surface area contributed by atoms with Gasteiger partial charge in [-0.05, 0) is 55.7 Å². The molecule has 5 heteroatoms. The molecule has 2 aromatic carbocycles. The molecule has 0 saturated carbocycles. The Morgan fingerprint density at radius 1 is 1.21 bits per heavy atom. The first kappa shape index (κ1) is 20.5. The number of cyclic esters (lactones) is 1. The van der Waals surface area contributed by atoms with Crippen LogP contribution < -0.4 is 0 Å². The van der Waals surface area contributed by atoms with Gasteiger partial charge in [-0.1, -0.05) is 30.7 Å². The monoisotopic (exact) mass is 400 g/mol. The highest BCUT2D eigenvalue weighted by Gasteiger charge is 2.34. The fourth-order valence-corrected chi connectivity index (χ4v) is 4.72. The number of carbonyl (C=O) groups is 1. The highest BCUT2D eigenvalue weighted by atomic mass is 32.2. The number of thioether (sulfide) groups is 1. The number of halogens is 1. The molecule has 0 aliphatic carbocycles. The summed E-state index contributed by atoms with van der Waals surface area (Å²) in [5.74, 6) is 0.00863. The summed E-state index contributed by atoms with van der Waals surface area (Å²) in [6, 6.07) is 10.4. The van der Waals surface area contributed by atoms with Crippen LogP contribution in [0.4, 0.5) is 4.39 Å². The molecule has 2 aromatic rings. The molecule has 1 aliphatic heterocycles. The third-order valence-electron chi connectivity index (χ3n) is 5.02. The van der Waals surface area contributed by atoms with Gasteiger partial charge < -0.3 is 9.84 Å². The van der Waals surface area contributed by atoms with E-state index in [9.17, 15) is 14.3 Å². The molecule has 28 heavy (non-hydrogen) atoms. The van der Waals surface area contributed by atoms with Gasteiger partial charge in [0.25, 0.3) is 0 Å². The van der Waals surface area contributed by atoms with Gasteiger partial charge in [0.15, 0.2) is 0 Å². The third kappa shape index (κ3) is 4.41. The van der Waals surface area contributed by atoms with Gasteiger partial charge in [0.1, 0.15) is 23.3 Å². The Labute approximate surface area is 169 Å². The lowest BCUT2D eigenvalue weighted by Crippen LogP contribution is -2.32. The average Bonchev–Trinajstić information content (AvgIpc) is 2.61. The quantitative estimate of drug-likeness (QED) is 0.512. The average molecular weight is 401 g/mol. The van der Waals surface area contributed by atoms with Gasteiger partial charge in [-0.2, -0.15) is 0 Å². The number of benzene rings is 2. The van der Waals surface area contributed by atoms with Crippen LogP contribution in [0.15, 0.2) is 47.1 Å². The van der Waals surface area contributed by atoms with Crippen LogP contribution in [0.1, 0.15) is 35.6 Å². The highest BCUT2D eigenvalue weighted by Crippen LogP contribution is 2.35. The summed E-state index contributed by atoms with van der Waals surface area (Å²) in [5, 5.41) is 10.7. The molecule has 1 heterocycles. The zero-order chi connectivity index (χ0) is 20.4. The highest BCUT2D eigenvalue weighted by molar-refractivity contribution is 7.99. The fraction of sp³-hybridized carbons (Fsp3) is 0.348. The van der Waals surface area contributed by atoms with Crippen LogP contribution in [0.3, 0.4) is 0 Å². The van der Waals surface area contributed by atoms with Crippen molar-refractivity contribution < 1.29 is 19.0 Å². The smallest absolute Gasteiger partial charge is 0.342 e. The summed E-state index contributed by atoms with van der Waals surface area (Å²) < 4.78 is 19.0. The van der Waals surface area contributed by atoms with Gasteiger partial charge in [0, 0.05) is 23.0 Å². The number of rotatable bonds is 5. The number of hydrogen-bond acceptors (Lipinski definition) is 4. The number of ether oxygens (including phenoxy) is 1. The first-order chi connectivity index (χ1) is 13.3. The molecule has 0 radical (unpaired) electrons. The predicted molar refractivity (Wildman–Crippen MR) is 111 cm³/mol. The summed E-state index contributed by atoms with van der Waals surface area (Å²) in [5.41, 5.74) is 4.04. The van der Waals surface area contributed by atoms with E-state index in [-0.39, 0.29) is 23.1 Å². The molecule has 0 spiro atoms. The zero-order valence-electron chi connectivity index (χ0n) is 16.6. The number of aliphatic hydroxyl groups is 1. The van der Waals surface area contributed by atoms with Gasteiger partial charge in [0.2, 0.25) is 0 Å². The van der Waals surface area contributed by atoms with Gasteiger partial charge in [-0.15, -0.1) is 11.8 Å². The summed E-state index contributed by atoms with van der Waals surface area (Å²) in [6.07, 6.45) is -0.109. The molecular formula is C23H25FO3S. The maximum Gasteiger partial charge on any atom is 0.342 e. The fourth-order valence-electron chi connectivity index (χ4n) is 3.68. The predicted octanol–water partition coefficient (Wildman–Crippen LogP) is 5.76. The van der Waals surface area contributed by atoms with Crippen LogP contribution in [-0.4, -0.2) is 22.9 Å². The van der Waals surface area contributed by atoms with Crippen molar-refractivity contribution in [1.29, 1.82) is 0 Å². The number of aryl methyl sites for hydroxylation is 3. The molecule has 148 valence electrons. The normalized spacial score (nSPS) is 18.2. The van der Waals surface area contributed by atoms with Crippen molar-refractivity contribution in [2.75, 3.05) is 5.75 Å². The molecule has 0 fully saturated rings. The molecule has 1 N–H and O–H groups in total. The number of carbonyl (C=O) groups excluding carboxylic acids is 1. The Kier molecular flexibility index (Phi) is 6.14. The Morgan fingerprint density at radius 2 is 1.89 bits per heavy atom. The number of hydrogen-bond donors (Lipinski definition) is 1. The van der Waals surface area contributed by atoms with Crippen LogP contribution in [0, 0.1) is 32.5 Å². The molecule has 3 nitrogen and oxygen atoms in total. The summed E-state index contributed by atoms with van der Waals surface area (Å²) in [4.78, 5) is 13.6. The van der Waals surface area contributed by atoms with Gasteiger partial charge in [0.05, 0.1) is 0 Å². The van der Waals surface area contributed by atoms with Crippen molar-refractivity contribution in [2.45, 2.75) is 45.1 Å². The molecule has 0 saturated heterocycles. The third-order valence-corrected chi connectivity index (χ3v) is 6.30. The maximum absolute atomic E-state index is 13.3. The maximum atomic E-state index is 13.3. The van der Waals surface area contributed by atoms with Crippen molar-refractivity contribution in [1.82, 2.24) is 0 Å². The molecular weight excluding hydrogens is 375 g/mol. The van der Waals surface area contributed by atoms with E-state index in [0.717, 1.165) is 27.1 Å². The molecule has 2 atom stereocenters. The van der Waals surface area contributed by atoms with E-state index < -0.39 is 12.1 Å². The summed E-state index contributed by atoms with van der Waals surface area (Å²) in [7, 11) is 0. The molecule has 0 bridgehead atoms. The molecule has 0 amide bonds.